The van der Waals surface area contributed by atoms with Crippen LogP contribution in [0.3, 0.4) is 0 Å². The lowest BCUT2D eigenvalue weighted by atomic mass is 9.92. The molecule has 0 saturated heterocycles. The fraction of sp³-hybridized carbons (Fsp3) is 0.250. The van der Waals surface area contributed by atoms with E-state index in [1.807, 2.05) is 31.2 Å². The zero-order valence-electron chi connectivity index (χ0n) is 12.5. The van der Waals surface area contributed by atoms with Gasteiger partial charge in [0.05, 0.1) is 5.56 Å². The summed E-state index contributed by atoms with van der Waals surface area (Å²) in [6.07, 6.45) is 2.32. The Hall–Kier alpha value is -2.25. The molecule has 2 aromatic rings. The molecule has 1 atom stereocenters. The van der Waals surface area contributed by atoms with Crippen LogP contribution in [0.15, 0.2) is 47.6 Å². The number of hydrogen-bond acceptors (Lipinski definition) is 4. The first-order chi connectivity index (χ1) is 10.9. The van der Waals surface area contributed by atoms with Crippen LogP contribution in [0.2, 0.25) is 0 Å². The first kappa shape index (κ1) is 15.6. The molecule has 1 aliphatic rings. The Bertz CT molecular complexity index is 864. The van der Waals surface area contributed by atoms with E-state index in [-0.39, 0.29) is 22.9 Å². The van der Waals surface area contributed by atoms with Crippen molar-refractivity contribution in [2.45, 2.75) is 24.3 Å². The molecule has 0 bridgehead atoms. The van der Waals surface area contributed by atoms with E-state index in [0.29, 0.717) is 6.54 Å². The number of aromatic nitrogens is 1. The molecule has 0 radical (unpaired) electrons. The van der Waals surface area contributed by atoms with Crippen molar-refractivity contribution in [3.63, 3.8) is 0 Å². The van der Waals surface area contributed by atoms with Crippen molar-refractivity contribution in [3.8, 4) is 0 Å². The van der Waals surface area contributed by atoms with Gasteiger partial charge in [0, 0.05) is 25.5 Å². The van der Waals surface area contributed by atoms with Gasteiger partial charge < -0.3 is 5.11 Å². The Morgan fingerprint density at radius 2 is 2.04 bits per heavy atom. The first-order valence-electron chi connectivity index (χ1n) is 7.16. The quantitative estimate of drug-likeness (QED) is 0.930. The molecule has 0 aliphatic carbocycles. The van der Waals surface area contributed by atoms with Crippen LogP contribution >= 0.6 is 0 Å². The monoisotopic (exact) mass is 332 g/mol. The van der Waals surface area contributed by atoms with Crippen LogP contribution < -0.4 is 0 Å². The van der Waals surface area contributed by atoms with Crippen LogP contribution in [0.1, 0.15) is 34.3 Å². The maximum absolute atomic E-state index is 12.8. The molecule has 0 amide bonds. The maximum atomic E-state index is 12.8. The second kappa shape index (κ2) is 5.75. The number of pyridine rings is 1. The number of hydrogen-bond donors (Lipinski definition) is 1. The number of carboxylic acid groups (broad SMARTS) is 1. The minimum absolute atomic E-state index is 0.0744. The molecule has 3 rings (SSSR count). The lowest BCUT2D eigenvalue weighted by molar-refractivity contribution is 0.0696. The molecular weight excluding hydrogens is 316 g/mol. The Kier molecular flexibility index (Phi) is 3.91. The second-order valence-corrected chi connectivity index (χ2v) is 7.55. The smallest absolute Gasteiger partial charge is 0.337 e. The number of fused-ring (bicyclic) bond motifs is 1. The summed E-state index contributed by atoms with van der Waals surface area (Å²) in [7, 11) is -3.79. The van der Waals surface area contributed by atoms with E-state index in [0.717, 1.165) is 23.4 Å². The predicted octanol–water partition coefficient (Wildman–Crippen LogP) is 2.09. The zero-order valence-corrected chi connectivity index (χ0v) is 13.3. The summed E-state index contributed by atoms with van der Waals surface area (Å²) in [5.41, 5.74) is 1.98. The minimum Gasteiger partial charge on any atom is -0.478 e. The van der Waals surface area contributed by atoms with Gasteiger partial charge in [-0.3, -0.25) is 4.98 Å². The summed E-state index contributed by atoms with van der Waals surface area (Å²) in [6.45, 7) is 2.61. The van der Waals surface area contributed by atoms with Gasteiger partial charge >= 0.3 is 5.97 Å². The summed E-state index contributed by atoms with van der Waals surface area (Å²) in [6, 6.07) is 8.90. The molecule has 23 heavy (non-hydrogen) atoms. The van der Waals surface area contributed by atoms with Crippen LogP contribution in [-0.2, 0) is 16.6 Å². The van der Waals surface area contributed by atoms with Gasteiger partial charge in [-0.1, -0.05) is 31.2 Å². The lowest BCUT2D eigenvalue weighted by Crippen LogP contribution is -2.37. The van der Waals surface area contributed by atoms with E-state index >= 15 is 0 Å². The standard InChI is InChI=1S/C16H16N2O4S/c1-11-9-18(10-12-4-2-3-5-15(11)12)23(21,22)14-6-13(16(19)20)7-17-8-14/h2-8,11H,9-10H2,1H3,(H,19,20). The first-order valence-corrected chi connectivity index (χ1v) is 8.60. The molecule has 1 aromatic heterocycles. The molecule has 1 N–H and O–H groups in total. The third kappa shape index (κ3) is 2.85. The van der Waals surface area contributed by atoms with Crippen LogP contribution in [0.5, 0.6) is 0 Å². The number of sulfonamides is 1. The number of carbonyl (C=O) groups is 1. The Labute approximate surface area is 134 Å². The molecule has 0 saturated carbocycles. The van der Waals surface area contributed by atoms with E-state index in [2.05, 4.69) is 4.98 Å². The van der Waals surface area contributed by atoms with Crippen LogP contribution in [0.4, 0.5) is 0 Å². The number of nitrogens with zero attached hydrogens (tertiary/aromatic N) is 2. The number of benzene rings is 1. The van der Waals surface area contributed by atoms with Gasteiger partial charge in [0.1, 0.15) is 4.90 Å². The van der Waals surface area contributed by atoms with Crippen LogP contribution in [-0.4, -0.2) is 35.3 Å². The third-order valence-electron chi connectivity index (χ3n) is 4.01. The van der Waals surface area contributed by atoms with Crippen molar-refractivity contribution in [1.29, 1.82) is 0 Å². The number of carboxylic acids is 1. The minimum atomic E-state index is -3.79. The Balaban J connectivity index is 1.98. The van der Waals surface area contributed by atoms with E-state index < -0.39 is 16.0 Å². The maximum Gasteiger partial charge on any atom is 0.337 e. The fourth-order valence-electron chi connectivity index (χ4n) is 2.83. The third-order valence-corrected chi connectivity index (χ3v) is 5.79. The van der Waals surface area contributed by atoms with Crippen molar-refractivity contribution in [2.75, 3.05) is 6.54 Å². The summed E-state index contributed by atoms with van der Waals surface area (Å²) in [5.74, 6) is -1.13. The van der Waals surface area contributed by atoms with E-state index in [1.165, 1.54) is 10.5 Å². The van der Waals surface area contributed by atoms with Gasteiger partial charge in [0.25, 0.3) is 0 Å². The molecule has 1 unspecified atom stereocenters. The Morgan fingerprint density at radius 1 is 1.30 bits per heavy atom. The van der Waals surface area contributed by atoms with Crippen LogP contribution in [0, 0.1) is 0 Å². The van der Waals surface area contributed by atoms with E-state index in [1.54, 1.807) is 0 Å². The highest BCUT2D eigenvalue weighted by Gasteiger charge is 2.32. The molecule has 2 heterocycles. The molecule has 1 aliphatic heterocycles. The topological polar surface area (TPSA) is 87.6 Å². The van der Waals surface area contributed by atoms with E-state index in [9.17, 15) is 13.2 Å². The largest absolute Gasteiger partial charge is 0.478 e. The summed E-state index contributed by atoms with van der Waals surface area (Å²) < 4.78 is 27.0. The van der Waals surface area contributed by atoms with E-state index in [4.69, 9.17) is 5.11 Å². The van der Waals surface area contributed by atoms with Crippen molar-refractivity contribution in [2.24, 2.45) is 0 Å². The Morgan fingerprint density at radius 3 is 2.78 bits per heavy atom. The predicted molar refractivity (Wildman–Crippen MR) is 83.6 cm³/mol. The van der Waals surface area contributed by atoms with Gasteiger partial charge in [-0.05, 0) is 23.1 Å². The molecular formula is C16H16N2O4S. The van der Waals surface area contributed by atoms with Gasteiger partial charge in [-0.25, -0.2) is 13.2 Å². The molecule has 0 fully saturated rings. The molecule has 1 aromatic carbocycles. The fourth-order valence-corrected chi connectivity index (χ4v) is 4.32. The average molecular weight is 332 g/mol. The SMILES string of the molecule is CC1CN(S(=O)(=O)c2cncc(C(=O)O)c2)Cc2ccccc21. The average Bonchev–Trinajstić information content (AvgIpc) is 2.55. The molecule has 120 valence electrons. The lowest BCUT2D eigenvalue weighted by Gasteiger charge is -2.32. The van der Waals surface area contributed by atoms with Crippen LogP contribution in [0.25, 0.3) is 0 Å². The van der Waals surface area contributed by atoms with Crippen molar-refractivity contribution >= 4 is 16.0 Å². The van der Waals surface area contributed by atoms with Gasteiger partial charge in [-0.15, -0.1) is 0 Å². The number of aromatic carboxylic acids is 1. The molecule has 6 nitrogen and oxygen atoms in total. The highest BCUT2D eigenvalue weighted by atomic mass is 32.2. The number of rotatable bonds is 3. The van der Waals surface area contributed by atoms with Crippen molar-refractivity contribution < 1.29 is 18.3 Å². The zero-order chi connectivity index (χ0) is 16.6. The van der Waals surface area contributed by atoms with Crippen molar-refractivity contribution in [3.05, 3.63) is 59.4 Å². The second-order valence-electron chi connectivity index (χ2n) is 5.61. The summed E-state index contributed by atoms with van der Waals surface area (Å²) in [4.78, 5) is 14.7. The normalized spacial score (nSPS) is 18.4. The summed E-state index contributed by atoms with van der Waals surface area (Å²) >= 11 is 0. The highest BCUT2D eigenvalue weighted by Crippen LogP contribution is 2.31. The van der Waals surface area contributed by atoms with Gasteiger partial charge in [0.15, 0.2) is 0 Å². The van der Waals surface area contributed by atoms with Gasteiger partial charge in [0.2, 0.25) is 10.0 Å². The highest BCUT2D eigenvalue weighted by molar-refractivity contribution is 7.89. The van der Waals surface area contributed by atoms with Gasteiger partial charge in [-0.2, -0.15) is 4.31 Å². The summed E-state index contributed by atoms with van der Waals surface area (Å²) in [5, 5.41) is 9.01. The van der Waals surface area contributed by atoms with Crippen molar-refractivity contribution in [1.82, 2.24) is 9.29 Å². The molecule has 7 heteroatoms. The molecule has 0 spiro atoms.